The molecule has 0 atom stereocenters. The van der Waals surface area contributed by atoms with Crippen molar-refractivity contribution >= 4 is 11.9 Å². The van der Waals surface area contributed by atoms with E-state index in [2.05, 4.69) is 20.9 Å². The molecule has 0 aromatic rings. The summed E-state index contributed by atoms with van der Waals surface area (Å²) in [5.74, 6) is 0.695. The Bertz CT molecular complexity index is 246. The van der Waals surface area contributed by atoms with Crippen molar-refractivity contribution in [1.82, 2.24) is 16.0 Å². The fourth-order valence-electron chi connectivity index (χ4n) is 1.14. The largest absolute Gasteiger partial charge is 0.354 e. The highest BCUT2D eigenvalue weighted by Crippen LogP contribution is 2.17. The SMILES string of the molecule is CN=C(NCC(=O)NC1CC1)NC(C)C. The van der Waals surface area contributed by atoms with Gasteiger partial charge in [-0.05, 0) is 26.7 Å². The Balaban J connectivity index is 2.17. The average Bonchev–Trinajstić information content (AvgIpc) is 2.95. The van der Waals surface area contributed by atoms with Gasteiger partial charge in [-0.15, -0.1) is 0 Å². The number of guanidine groups is 1. The van der Waals surface area contributed by atoms with E-state index < -0.39 is 0 Å². The summed E-state index contributed by atoms with van der Waals surface area (Å²) >= 11 is 0. The van der Waals surface area contributed by atoms with Gasteiger partial charge in [-0.1, -0.05) is 0 Å². The number of carbonyl (C=O) groups is 1. The second-order valence-corrected chi connectivity index (χ2v) is 4.07. The molecular formula is C10H20N4O. The van der Waals surface area contributed by atoms with Crippen LogP contribution in [0.15, 0.2) is 4.99 Å². The molecule has 1 saturated carbocycles. The first kappa shape index (κ1) is 11.8. The Kier molecular flexibility index (Phi) is 4.39. The first-order valence-electron chi connectivity index (χ1n) is 5.38. The maximum Gasteiger partial charge on any atom is 0.239 e. The number of nitrogens with zero attached hydrogens (tertiary/aromatic N) is 1. The van der Waals surface area contributed by atoms with E-state index >= 15 is 0 Å². The lowest BCUT2D eigenvalue weighted by Gasteiger charge is -2.14. The zero-order valence-corrected chi connectivity index (χ0v) is 9.63. The average molecular weight is 212 g/mol. The van der Waals surface area contributed by atoms with E-state index in [0.717, 1.165) is 12.8 Å². The van der Waals surface area contributed by atoms with E-state index in [1.54, 1.807) is 7.05 Å². The second-order valence-electron chi connectivity index (χ2n) is 4.07. The van der Waals surface area contributed by atoms with E-state index in [1.807, 2.05) is 13.8 Å². The molecule has 3 N–H and O–H groups in total. The highest BCUT2D eigenvalue weighted by molar-refractivity contribution is 5.86. The third-order valence-electron chi connectivity index (χ3n) is 2.01. The maximum atomic E-state index is 11.3. The van der Waals surface area contributed by atoms with Gasteiger partial charge in [0.2, 0.25) is 5.91 Å². The van der Waals surface area contributed by atoms with Gasteiger partial charge in [-0.2, -0.15) is 0 Å². The molecule has 0 unspecified atom stereocenters. The van der Waals surface area contributed by atoms with Crippen LogP contribution in [-0.2, 0) is 4.79 Å². The van der Waals surface area contributed by atoms with E-state index in [1.165, 1.54) is 0 Å². The quantitative estimate of drug-likeness (QED) is 0.448. The molecule has 0 aromatic heterocycles. The van der Waals surface area contributed by atoms with E-state index in [0.29, 0.717) is 18.0 Å². The van der Waals surface area contributed by atoms with Crippen LogP contribution < -0.4 is 16.0 Å². The molecule has 0 aromatic carbocycles. The standard InChI is InChI=1S/C10H20N4O/c1-7(2)13-10(11-3)12-6-9(15)14-8-4-5-8/h7-8H,4-6H2,1-3H3,(H,14,15)(H2,11,12,13). The van der Waals surface area contributed by atoms with Crippen molar-refractivity contribution in [3.8, 4) is 0 Å². The van der Waals surface area contributed by atoms with Gasteiger partial charge in [-0.25, -0.2) is 0 Å². The van der Waals surface area contributed by atoms with Gasteiger partial charge in [0.05, 0.1) is 6.54 Å². The van der Waals surface area contributed by atoms with Crippen molar-refractivity contribution in [2.24, 2.45) is 4.99 Å². The van der Waals surface area contributed by atoms with Crippen molar-refractivity contribution in [2.45, 2.75) is 38.8 Å². The van der Waals surface area contributed by atoms with Crippen LogP contribution in [0.3, 0.4) is 0 Å². The molecular weight excluding hydrogens is 192 g/mol. The van der Waals surface area contributed by atoms with Crippen LogP contribution in [0, 0.1) is 0 Å². The predicted octanol–water partition coefficient (Wildman–Crippen LogP) is -0.162. The molecule has 1 fully saturated rings. The van der Waals surface area contributed by atoms with Crippen LogP contribution in [-0.4, -0.2) is 37.5 Å². The second kappa shape index (κ2) is 5.58. The molecule has 0 aliphatic heterocycles. The topological polar surface area (TPSA) is 65.5 Å². The Morgan fingerprint density at radius 3 is 2.60 bits per heavy atom. The lowest BCUT2D eigenvalue weighted by Crippen LogP contribution is -2.45. The van der Waals surface area contributed by atoms with Crippen LogP contribution in [0.25, 0.3) is 0 Å². The summed E-state index contributed by atoms with van der Waals surface area (Å²) in [4.78, 5) is 15.4. The Morgan fingerprint density at radius 1 is 1.47 bits per heavy atom. The number of rotatable bonds is 4. The number of nitrogens with one attached hydrogen (secondary N) is 3. The molecule has 15 heavy (non-hydrogen) atoms. The molecule has 0 saturated heterocycles. The molecule has 1 aliphatic rings. The minimum atomic E-state index is 0.0317. The summed E-state index contributed by atoms with van der Waals surface area (Å²) in [6.07, 6.45) is 2.23. The maximum absolute atomic E-state index is 11.3. The fraction of sp³-hybridized carbons (Fsp3) is 0.800. The minimum absolute atomic E-state index is 0.0317. The van der Waals surface area contributed by atoms with Gasteiger partial charge in [-0.3, -0.25) is 9.79 Å². The molecule has 1 rings (SSSR count). The van der Waals surface area contributed by atoms with Crippen LogP contribution >= 0.6 is 0 Å². The molecule has 86 valence electrons. The van der Waals surface area contributed by atoms with Gasteiger partial charge < -0.3 is 16.0 Å². The van der Waals surface area contributed by atoms with Crippen molar-refractivity contribution < 1.29 is 4.79 Å². The van der Waals surface area contributed by atoms with E-state index in [-0.39, 0.29) is 12.5 Å². The summed E-state index contributed by atoms with van der Waals surface area (Å²) < 4.78 is 0. The van der Waals surface area contributed by atoms with Gasteiger partial charge in [0, 0.05) is 19.1 Å². The zero-order valence-electron chi connectivity index (χ0n) is 9.63. The summed E-state index contributed by atoms with van der Waals surface area (Å²) in [5.41, 5.74) is 0. The number of aliphatic imine (C=N–C) groups is 1. The summed E-state index contributed by atoms with van der Waals surface area (Å²) in [6.45, 7) is 4.33. The number of hydrogen-bond acceptors (Lipinski definition) is 2. The predicted molar refractivity (Wildman–Crippen MR) is 60.8 cm³/mol. The summed E-state index contributed by atoms with van der Waals surface area (Å²) in [5, 5.41) is 8.98. The van der Waals surface area contributed by atoms with Crippen molar-refractivity contribution in [3.05, 3.63) is 0 Å². The van der Waals surface area contributed by atoms with Crippen molar-refractivity contribution in [2.75, 3.05) is 13.6 Å². The Morgan fingerprint density at radius 2 is 2.13 bits per heavy atom. The highest BCUT2D eigenvalue weighted by atomic mass is 16.2. The lowest BCUT2D eigenvalue weighted by atomic mass is 10.4. The van der Waals surface area contributed by atoms with Crippen LogP contribution in [0.5, 0.6) is 0 Å². The normalized spacial score (nSPS) is 16.4. The van der Waals surface area contributed by atoms with Crippen molar-refractivity contribution in [3.63, 3.8) is 0 Å². The number of hydrogen-bond donors (Lipinski definition) is 3. The molecule has 5 nitrogen and oxygen atoms in total. The number of amides is 1. The van der Waals surface area contributed by atoms with E-state index in [9.17, 15) is 4.79 Å². The first-order valence-corrected chi connectivity index (χ1v) is 5.38. The van der Waals surface area contributed by atoms with Crippen LogP contribution in [0.4, 0.5) is 0 Å². The molecule has 0 spiro atoms. The van der Waals surface area contributed by atoms with Gasteiger partial charge in [0.25, 0.3) is 0 Å². The third kappa shape index (κ3) is 5.24. The molecule has 1 aliphatic carbocycles. The lowest BCUT2D eigenvalue weighted by molar-refractivity contribution is -0.120. The third-order valence-corrected chi connectivity index (χ3v) is 2.01. The summed E-state index contributed by atoms with van der Waals surface area (Å²) in [7, 11) is 1.69. The molecule has 0 radical (unpaired) electrons. The monoisotopic (exact) mass is 212 g/mol. The van der Waals surface area contributed by atoms with Gasteiger partial charge >= 0.3 is 0 Å². The molecule has 1 amide bonds. The van der Waals surface area contributed by atoms with Crippen LogP contribution in [0.2, 0.25) is 0 Å². The highest BCUT2D eigenvalue weighted by Gasteiger charge is 2.22. The molecule has 0 bridgehead atoms. The smallest absolute Gasteiger partial charge is 0.239 e. The molecule has 0 heterocycles. The Labute approximate surface area is 90.7 Å². The Hall–Kier alpha value is -1.26. The number of carbonyl (C=O) groups excluding carboxylic acids is 1. The minimum Gasteiger partial charge on any atom is -0.354 e. The first-order chi connectivity index (χ1) is 7.11. The summed E-state index contributed by atoms with van der Waals surface area (Å²) in [6, 6.07) is 0.724. The van der Waals surface area contributed by atoms with Crippen LogP contribution in [0.1, 0.15) is 26.7 Å². The molecule has 5 heteroatoms. The van der Waals surface area contributed by atoms with Gasteiger partial charge in [0.1, 0.15) is 0 Å². The van der Waals surface area contributed by atoms with Gasteiger partial charge in [0.15, 0.2) is 5.96 Å². The zero-order chi connectivity index (χ0) is 11.3. The van der Waals surface area contributed by atoms with Crippen molar-refractivity contribution in [1.29, 1.82) is 0 Å². The van der Waals surface area contributed by atoms with E-state index in [4.69, 9.17) is 0 Å². The fourth-order valence-corrected chi connectivity index (χ4v) is 1.14.